The maximum atomic E-state index is 4.89. The molecule has 0 unspecified atom stereocenters. The molecule has 2 N–H and O–H groups in total. The van der Waals surface area contributed by atoms with Gasteiger partial charge in [0.25, 0.3) is 0 Å². The molecular formula is C8H15N3S. The van der Waals surface area contributed by atoms with Crippen LogP contribution in [0.1, 0.15) is 32.1 Å². The molecule has 0 radical (unpaired) electrons. The summed E-state index contributed by atoms with van der Waals surface area (Å²) < 4.78 is 0. The van der Waals surface area contributed by atoms with Crippen LogP contribution in [0.25, 0.3) is 0 Å². The van der Waals surface area contributed by atoms with Gasteiger partial charge < -0.3 is 5.32 Å². The molecule has 0 aromatic carbocycles. The molecular weight excluding hydrogens is 170 g/mol. The standard InChI is InChI=1S/C8H15N3S/c1-9-8(12)11-10-7-5-3-2-4-6-7/h2-6H2,1H3,(H2,9,11,12). The number of hydrogen-bond acceptors (Lipinski definition) is 2. The number of thiocarbonyl (C=S) groups is 1. The minimum atomic E-state index is 0.591. The lowest BCUT2D eigenvalue weighted by Gasteiger charge is -2.12. The molecule has 1 aliphatic rings. The predicted octanol–water partition coefficient (Wildman–Crippen LogP) is 1.40. The number of nitrogens with zero attached hydrogens (tertiary/aromatic N) is 1. The lowest BCUT2D eigenvalue weighted by atomic mass is 9.99. The Hall–Kier alpha value is -0.640. The highest BCUT2D eigenvalue weighted by Gasteiger charge is 2.06. The summed E-state index contributed by atoms with van der Waals surface area (Å²) in [6.45, 7) is 0. The second-order valence-electron chi connectivity index (χ2n) is 2.93. The summed E-state index contributed by atoms with van der Waals surface area (Å²) in [5, 5.41) is 7.63. The van der Waals surface area contributed by atoms with Gasteiger partial charge in [-0.1, -0.05) is 6.42 Å². The zero-order chi connectivity index (χ0) is 8.81. The van der Waals surface area contributed by atoms with E-state index in [9.17, 15) is 0 Å². The molecule has 3 nitrogen and oxygen atoms in total. The molecule has 0 atom stereocenters. The molecule has 1 saturated carbocycles. The molecule has 0 saturated heterocycles. The average Bonchev–Trinajstić information content (AvgIpc) is 2.16. The lowest BCUT2D eigenvalue weighted by Crippen LogP contribution is -2.29. The van der Waals surface area contributed by atoms with Gasteiger partial charge >= 0.3 is 0 Å². The zero-order valence-electron chi connectivity index (χ0n) is 7.39. The van der Waals surface area contributed by atoms with E-state index >= 15 is 0 Å². The highest BCUT2D eigenvalue weighted by molar-refractivity contribution is 7.80. The second kappa shape index (κ2) is 5.09. The number of hydrazone groups is 1. The van der Waals surface area contributed by atoms with Crippen LogP contribution in [0.15, 0.2) is 5.10 Å². The first-order chi connectivity index (χ1) is 5.83. The Bertz CT molecular complexity index is 181. The number of nitrogens with one attached hydrogen (secondary N) is 2. The van der Waals surface area contributed by atoms with Gasteiger partial charge in [-0.2, -0.15) is 5.10 Å². The molecule has 1 rings (SSSR count). The minimum absolute atomic E-state index is 0.591. The molecule has 12 heavy (non-hydrogen) atoms. The van der Waals surface area contributed by atoms with Crippen molar-refractivity contribution in [1.29, 1.82) is 0 Å². The van der Waals surface area contributed by atoms with Crippen molar-refractivity contribution in [3.8, 4) is 0 Å². The largest absolute Gasteiger partial charge is 0.364 e. The van der Waals surface area contributed by atoms with Crippen LogP contribution in [0.5, 0.6) is 0 Å². The van der Waals surface area contributed by atoms with Gasteiger partial charge in [-0.05, 0) is 37.9 Å². The highest BCUT2D eigenvalue weighted by Crippen LogP contribution is 2.13. The molecule has 1 fully saturated rings. The summed E-state index contributed by atoms with van der Waals surface area (Å²) in [5.74, 6) is 0. The van der Waals surface area contributed by atoms with E-state index in [0.717, 1.165) is 12.8 Å². The molecule has 68 valence electrons. The van der Waals surface area contributed by atoms with Crippen LogP contribution in [-0.4, -0.2) is 17.9 Å². The minimum Gasteiger partial charge on any atom is -0.364 e. The monoisotopic (exact) mass is 185 g/mol. The van der Waals surface area contributed by atoms with E-state index in [1.54, 1.807) is 7.05 Å². The van der Waals surface area contributed by atoms with Crippen LogP contribution in [0.2, 0.25) is 0 Å². The van der Waals surface area contributed by atoms with E-state index in [2.05, 4.69) is 15.8 Å². The van der Waals surface area contributed by atoms with Crippen molar-refractivity contribution >= 4 is 23.0 Å². The summed E-state index contributed by atoms with van der Waals surface area (Å²) >= 11 is 4.89. The Labute approximate surface area is 78.6 Å². The van der Waals surface area contributed by atoms with E-state index in [1.807, 2.05) is 0 Å². The van der Waals surface area contributed by atoms with Gasteiger partial charge in [0.15, 0.2) is 5.11 Å². The van der Waals surface area contributed by atoms with Crippen molar-refractivity contribution in [1.82, 2.24) is 10.7 Å². The van der Waals surface area contributed by atoms with Gasteiger partial charge in [-0.25, -0.2) is 0 Å². The summed E-state index contributed by atoms with van der Waals surface area (Å²) in [5.41, 5.74) is 4.06. The quantitative estimate of drug-likeness (QED) is 0.479. The van der Waals surface area contributed by atoms with Crippen molar-refractivity contribution in [3.05, 3.63) is 0 Å². The van der Waals surface area contributed by atoms with Crippen molar-refractivity contribution in [3.63, 3.8) is 0 Å². The SMILES string of the molecule is CNC(=S)NN=C1CCCCC1. The predicted molar refractivity (Wildman–Crippen MR) is 55.3 cm³/mol. The van der Waals surface area contributed by atoms with Crippen LogP contribution in [0, 0.1) is 0 Å². The van der Waals surface area contributed by atoms with Gasteiger partial charge in [-0.3, -0.25) is 5.43 Å². The van der Waals surface area contributed by atoms with Crippen LogP contribution in [0.4, 0.5) is 0 Å². The Balaban J connectivity index is 2.29. The van der Waals surface area contributed by atoms with Gasteiger partial charge in [0.1, 0.15) is 0 Å². The third-order valence-corrected chi connectivity index (χ3v) is 2.27. The summed E-state index contributed by atoms with van der Waals surface area (Å²) in [6, 6.07) is 0. The maximum absolute atomic E-state index is 4.89. The van der Waals surface area contributed by atoms with Crippen molar-refractivity contribution in [2.45, 2.75) is 32.1 Å². The lowest BCUT2D eigenvalue weighted by molar-refractivity contribution is 0.661. The third kappa shape index (κ3) is 3.17. The normalized spacial score (nSPS) is 16.9. The van der Waals surface area contributed by atoms with Crippen LogP contribution in [-0.2, 0) is 0 Å². The second-order valence-corrected chi connectivity index (χ2v) is 3.34. The van der Waals surface area contributed by atoms with Crippen molar-refractivity contribution in [2.75, 3.05) is 7.05 Å². The molecule has 0 aliphatic heterocycles. The van der Waals surface area contributed by atoms with Crippen LogP contribution >= 0.6 is 12.2 Å². The number of rotatable bonds is 1. The first-order valence-corrected chi connectivity index (χ1v) is 4.77. The van der Waals surface area contributed by atoms with Gasteiger partial charge in [-0.15, -0.1) is 0 Å². The first kappa shape index (κ1) is 9.45. The third-order valence-electron chi connectivity index (χ3n) is 1.97. The molecule has 0 aromatic heterocycles. The van der Waals surface area contributed by atoms with E-state index in [-0.39, 0.29) is 0 Å². The fraction of sp³-hybridized carbons (Fsp3) is 0.750. The van der Waals surface area contributed by atoms with Crippen molar-refractivity contribution in [2.24, 2.45) is 5.10 Å². The zero-order valence-corrected chi connectivity index (χ0v) is 8.21. The van der Waals surface area contributed by atoms with Crippen molar-refractivity contribution < 1.29 is 0 Å². The van der Waals surface area contributed by atoms with E-state index < -0.39 is 0 Å². The molecule has 4 heteroatoms. The van der Waals surface area contributed by atoms with Gasteiger partial charge in [0.2, 0.25) is 0 Å². The van der Waals surface area contributed by atoms with Gasteiger partial charge in [0.05, 0.1) is 0 Å². The molecule has 0 heterocycles. The summed E-state index contributed by atoms with van der Waals surface area (Å²) in [6.07, 6.45) is 6.13. The molecule has 0 spiro atoms. The van der Waals surface area contributed by atoms with Crippen LogP contribution < -0.4 is 10.7 Å². The van der Waals surface area contributed by atoms with E-state index in [0.29, 0.717) is 5.11 Å². The maximum Gasteiger partial charge on any atom is 0.186 e. The molecule has 0 aromatic rings. The average molecular weight is 185 g/mol. The van der Waals surface area contributed by atoms with E-state index in [4.69, 9.17) is 12.2 Å². The van der Waals surface area contributed by atoms with Gasteiger partial charge in [0, 0.05) is 12.8 Å². The van der Waals surface area contributed by atoms with E-state index in [1.165, 1.54) is 25.0 Å². The first-order valence-electron chi connectivity index (χ1n) is 4.36. The topological polar surface area (TPSA) is 36.4 Å². The highest BCUT2D eigenvalue weighted by atomic mass is 32.1. The Morgan fingerprint density at radius 3 is 2.58 bits per heavy atom. The molecule has 0 bridgehead atoms. The summed E-state index contributed by atoms with van der Waals surface area (Å²) in [4.78, 5) is 0. The Morgan fingerprint density at radius 1 is 1.33 bits per heavy atom. The number of hydrogen-bond donors (Lipinski definition) is 2. The summed E-state index contributed by atoms with van der Waals surface area (Å²) in [7, 11) is 1.79. The molecule has 1 aliphatic carbocycles. The Kier molecular flexibility index (Phi) is 4.00. The smallest absolute Gasteiger partial charge is 0.186 e. The fourth-order valence-corrected chi connectivity index (χ4v) is 1.30. The fourth-order valence-electron chi connectivity index (χ4n) is 1.26. The molecule has 0 amide bonds. The van der Waals surface area contributed by atoms with Crippen LogP contribution in [0.3, 0.4) is 0 Å². The Morgan fingerprint density at radius 2 is 2.00 bits per heavy atom.